The molecule has 0 unspecified atom stereocenters. The molecule has 2 N–H and O–H groups in total. The van der Waals surface area contributed by atoms with Gasteiger partial charge in [0.05, 0.1) is 0 Å². The molecule has 0 radical (unpaired) electrons. The molecular weight excluding hydrogens is 256 g/mol. The topological polar surface area (TPSA) is 96.5 Å². The number of halogens is 1. The Morgan fingerprint density at radius 3 is 2.83 bits per heavy atom. The molecule has 1 amide bonds. The number of H-pyrrole nitrogens is 1. The molecule has 2 aromatic rings. The molecule has 2 heterocycles. The fourth-order valence-corrected chi connectivity index (χ4v) is 1.54. The van der Waals surface area contributed by atoms with Crippen molar-refractivity contribution in [2.75, 3.05) is 5.32 Å². The fourth-order valence-electron chi connectivity index (χ4n) is 1.30. The van der Waals surface area contributed by atoms with Crippen LogP contribution in [-0.2, 0) is 6.42 Å². The van der Waals surface area contributed by atoms with E-state index in [0.29, 0.717) is 17.9 Å². The number of carbonyl (C=O) groups excluding carboxylic acids is 1. The van der Waals surface area contributed by atoms with Gasteiger partial charge >= 0.3 is 0 Å². The van der Waals surface area contributed by atoms with Gasteiger partial charge in [0.2, 0.25) is 11.8 Å². The molecule has 2 rings (SSSR count). The number of aromatic amines is 1. The van der Waals surface area contributed by atoms with Crippen LogP contribution in [0.5, 0.6) is 0 Å². The molecule has 8 heteroatoms. The standard InChI is InChI=1S/C10H11ClN6O/c1-3-7-14-8(17-16-7)9(18)15-10-12-5(2)4-6(11)13-10/h4H,3H2,1-2H3,(H,14,16,17)(H,12,13,15,18). The van der Waals surface area contributed by atoms with Crippen molar-refractivity contribution in [3.8, 4) is 0 Å². The van der Waals surface area contributed by atoms with E-state index in [1.54, 1.807) is 13.0 Å². The minimum absolute atomic E-state index is 0.0491. The zero-order valence-electron chi connectivity index (χ0n) is 9.86. The predicted octanol–water partition coefficient (Wildman–Crippen LogP) is 1.37. The van der Waals surface area contributed by atoms with Gasteiger partial charge in [-0.1, -0.05) is 18.5 Å². The number of hydrogen-bond donors (Lipinski definition) is 2. The fraction of sp³-hybridized carbons (Fsp3) is 0.300. The van der Waals surface area contributed by atoms with E-state index in [-0.39, 0.29) is 16.9 Å². The molecule has 2 aromatic heterocycles. The Morgan fingerprint density at radius 1 is 1.44 bits per heavy atom. The van der Waals surface area contributed by atoms with Crippen LogP contribution in [0.4, 0.5) is 5.95 Å². The summed E-state index contributed by atoms with van der Waals surface area (Å²) in [5.74, 6) is 0.344. The lowest BCUT2D eigenvalue weighted by atomic mass is 10.4. The smallest absolute Gasteiger partial charge is 0.288 e. The van der Waals surface area contributed by atoms with E-state index in [1.165, 1.54) is 0 Å². The number of hydrogen-bond acceptors (Lipinski definition) is 5. The molecule has 0 saturated carbocycles. The van der Waals surface area contributed by atoms with Gasteiger partial charge in [-0.25, -0.2) is 15.0 Å². The van der Waals surface area contributed by atoms with E-state index in [1.807, 2.05) is 6.92 Å². The van der Waals surface area contributed by atoms with E-state index in [4.69, 9.17) is 11.6 Å². The van der Waals surface area contributed by atoms with Crippen LogP contribution in [0.3, 0.4) is 0 Å². The zero-order valence-corrected chi connectivity index (χ0v) is 10.6. The molecule has 94 valence electrons. The van der Waals surface area contributed by atoms with Crippen molar-refractivity contribution < 1.29 is 4.79 Å². The second-order valence-corrected chi connectivity index (χ2v) is 3.96. The van der Waals surface area contributed by atoms with Gasteiger partial charge in [0.15, 0.2) is 0 Å². The lowest BCUT2D eigenvalue weighted by Crippen LogP contribution is -2.16. The normalized spacial score (nSPS) is 10.4. The van der Waals surface area contributed by atoms with Gasteiger partial charge in [0.1, 0.15) is 11.0 Å². The first kappa shape index (κ1) is 12.4. The van der Waals surface area contributed by atoms with Crippen LogP contribution in [0, 0.1) is 6.92 Å². The van der Waals surface area contributed by atoms with Crippen LogP contribution in [0.1, 0.15) is 29.1 Å². The summed E-state index contributed by atoms with van der Waals surface area (Å²) in [5.41, 5.74) is 0.662. The summed E-state index contributed by atoms with van der Waals surface area (Å²) in [5, 5.41) is 9.20. The average Bonchev–Trinajstić information content (AvgIpc) is 2.75. The summed E-state index contributed by atoms with van der Waals surface area (Å²) in [6, 6.07) is 1.60. The highest BCUT2D eigenvalue weighted by Crippen LogP contribution is 2.10. The molecule has 0 fully saturated rings. The van der Waals surface area contributed by atoms with Gasteiger partial charge in [-0.3, -0.25) is 15.2 Å². The number of nitrogens with one attached hydrogen (secondary N) is 2. The van der Waals surface area contributed by atoms with E-state index in [0.717, 1.165) is 0 Å². The number of amides is 1. The molecule has 0 saturated heterocycles. The van der Waals surface area contributed by atoms with Crippen molar-refractivity contribution in [1.82, 2.24) is 25.1 Å². The Morgan fingerprint density at radius 2 is 2.22 bits per heavy atom. The maximum atomic E-state index is 11.8. The maximum Gasteiger partial charge on any atom is 0.297 e. The van der Waals surface area contributed by atoms with Crippen molar-refractivity contribution in [1.29, 1.82) is 0 Å². The van der Waals surface area contributed by atoms with Gasteiger partial charge in [-0.05, 0) is 13.0 Å². The predicted molar refractivity (Wildman–Crippen MR) is 65.5 cm³/mol. The van der Waals surface area contributed by atoms with Gasteiger partial charge < -0.3 is 0 Å². The molecule has 0 atom stereocenters. The number of aryl methyl sites for hydroxylation is 2. The summed E-state index contributed by atoms with van der Waals surface area (Å²) in [6.45, 7) is 3.66. The van der Waals surface area contributed by atoms with Crippen LogP contribution >= 0.6 is 11.6 Å². The molecular formula is C10H11ClN6O. The Labute approximate surface area is 108 Å². The third-order valence-electron chi connectivity index (χ3n) is 2.12. The lowest BCUT2D eigenvalue weighted by molar-refractivity contribution is 0.101. The highest BCUT2D eigenvalue weighted by molar-refractivity contribution is 6.29. The van der Waals surface area contributed by atoms with Gasteiger partial charge in [-0.2, -0.15) is 0 Å². The Kier molecular flexibility index (Phi) is 3.52. The first-order chi connectivity index (χ1) is 8.58. The summed E-state index contributed by atoms with van der Waals surface area (Å²) >= 11 is 5.77. The Bertz CT molecular complexity index is 561. The number of nitrogens with zero attached hydrogens (tertiary/aromatic N) is 4. The minimum Gasteiger partial charge on any atom is -0.288 e. The average molecular weight is 267 g/mol. The van der Waals surface area contributed by atoms with Crippen molar-refractivity contribution in [2.24, 2.45) is 0 Å². The molecule has 0 spiro atoms. The van der Waals surface area contributed by atoms with E-state index < -0.39 is 5.91 Å². The van der Waals surface area contributed by atoms with Crippen LogP contribution in [0.15, 0.2) is 6.07 Å². The number of aromatic nitrogens is 5. The van der Waals surface area contributed by atoms with E-state index in [2.05, 4.69) is 30.5 Å². The first-order valence-electron chi connectivity index (χ1n) is 5.32. The van der Waals surface area contributed by atoms with Crippen molar-refractivity contribution in [2.45, 2.75) is 20.3 Å². The summed E-state index contributed by atoms with van der Waals surface area (Å²) in [6.07, 6.45) is 0.674. The van der Waals surface area contributed by atoms with Crippen molar-refractivity contribution in [3.63, 3.8) is 0 Å². The molecule has 0 aliphatic carbocycles. The summed E-state index contributed by atoms with van der Waals surface area (Å²) in [7, 11) is 0. The largest absolute Gasteiger partial charge is 0.297 e. The second kappa shape index (κ2) is 5.09. The third kappa shape index (κ3) is 2.80. The highest BCUT2D eigenvalue weighted by Gasteiger charge is 2.13. The summed E-state index contributed by atoms with van der Waals surface area (Å²) < 4.78 is 0. The van der Waals surface area contributed by atoms with Crippen LogP contribution < -0.4 is 5.32 Å². The number of rotatable bonds is 3. The highest BCUT2D eigenvalue weighted by atomic mass is 35.5. The number of carbonyl (C=O) groups is 1. The van der Waals surface area contributed by atoms with Gasteiger partial charge in [-0.15, -0.1) is 5.10 Å². The molecule has 7 nitrogen and oxygen atoms in total. The number of anilines is 1. The van der Waals surface area contributed by atoms with Gasteiger partial charge in [0, 0.05) is 12.1 Å². The van der Waals surface area contributed by atoms with Gasteiger partial charge in [0.25, 0.3) is 5.91 Å². The molecule has 0 bridgehead atoms. The monoisotopic (exact) mass is 266 g/mol. The lowest BCUT2D eigenvalue weighted by Gasteiger charge is -2.02. The quantitative estimate of drug-likeness (QED) is 0.818. The first-order valence-corrected chi connectivity index (χ1v) is 5.70. The SMILES string of the molecule is CCc1nc(C(=O)Nc2nc(C)cc(Cl)n2)n[nH]1. The van der Waals surface area contributed by atoms with Crippen LogP contribution in [-0.4, -0.2) is 31.1 Å². The third-order valence-corrected chi connectivity index (χ3v) is 2.31. The molecule has 0 aromatic carbocycles. The Hall–Kier alpha value is -2.02. The van der Waals surface area contributed by atoms with E-state index in [9.17, 15) is 4.79 Å². The molecule has 0 aliphatic rings. The van der Waals surface area contributed by atoms with E-state index >= 15 is 0 Å². The molecule has 0 aliphatic heterocycles. The zero-order chi connectivity index (χ0) is 13.1. The summed E-state index contributed by atoms with van der Waals surface area (Å²) in [4.78, 5) is 23.7. The van der Waals surface area contributed by atoms with Crippen molar-refractivity contribution >= 4 is 23.5 Å². The van der Waals surface area contributed by atoms with Crippen LogP contribution in [0.25, 0.3) is 0 Å². The maximum absolute atomic E-state index is 11.8. The van der Waals surface area contributed by atoms with Crippen molar-refractivity contribution in [3.05, 3.63) is 28.6 Å². The second-order valence-electron chi connectivity index (χ2n) is 3.57. The molecule has 18 heavy (non-hydrogen) atoms. The minimum atomic E-state index is -0.479. The Balaban J connectivity index is 2.15. The van der Waals surface area contributed by atoms with Crippen LogP contribution in [0.2, 0.25) is 5.15 Å².